The largest absolute Gasteiger partial charge is 0.496 e. The number of hydrogen-bond donors (Lipinski definition) is 2. The summed E-state index contributed by atoms with van der Waals surface area (Å²) in [4.78, 5) is 21.7. The monoisotopic (exact) mass is 425 g/mol. The van der Waals surface area contributed by atoms with Gasteiger partial charge in [-0.05, 0) is 44.1 Å². The summed E-state index contributed by atoms with van der Waals surface area (Å²) in [5, 5.41) is 5.93. The highest BCUT2D eigenvalue weighted by atomic mass is 16.5. The van der Waals surface area contributed by atoms with Gasteiger partial charge in [0.25, 0.3) is 0 Å². The van der Waals surface area contributed by atoms with Crippen LogP contribution in [0.4, 0.5) is 16.3 Å². The minimum atomic E-state index is -0.236. The van der Waals surface area contributed by atoms with Crippen LogP contribution in [0.25, 0.3) is 0 Å². The number of amides is 2. The molecule has 0 saturated carbocycles. The lowest BCUT2D eigenvalue weighted by molar-refractivity contribution is 0.122. The molecule has 2 aromatic rings. The Labute approximate surface area is 183 Å². The molecule has 8 heteroatoms. The van der Waals surface area contributed by atoms with Crippen LogP contribution in [-0.2, 0) is 4.74 Å². The highest BCUT2D eigenvalue weighted by Crippen LogP contribution is 2.31. The van der Waals surface area contributed by atoms with Crippen molar-refractivity contribution in [3.8, 4) is 5.75 Å². The van der Waals surface area contributed by atoms with Gasteiger partial charge in [-0.1, -0.05) is 18.2 Å². The molecular formula is C23H31N5O3. The zero-order valence-corrected chi connectivity index (χ0v) is 18.0. The molecule has 2 aliphatic heterocycles. The average Bonchev–Trinajstić information content (AvgIpc) is 3.35. The molecule has 0 aliphatic carbocycles. The van der Waals surface area contributed by atoms with E-state index >= 15 is 0 Å². The summed E-state index contributed by atoms with van der Waals surface area (Å²) in [6, 6.07) is 11.7. The summed E-state index contributed by atoms with van der Waals surface area (Å²) in [5.74, 6) is 1.75. The first-order valence-electron chi connectivity index (χ1n) is 10.9. The van der Waals surface area contributed by atoms with Crippen molar-refractivity contribution >= 4 is 17.5 Å². The van der Waals surface area contributed by atoms with E-state index in [-0.39, 0.29) is 12.1 Å². The number of benzene rings is 1. The number of para-hydroxylation sites is 1. The number of ether oxygens (including phenoxy) is 2. The third-order valence-corrected chi connectivity index (χ3v) is 5.88. The lowest BCUT2D eigenvalue weighted by atomic mass is 10.0. The Morgan fingerprint density at radius 2 is 1.90 bits per heavy atom. The van der Waals surface area contributed by atoms with Crippen LogP contribution in [0.1, 0.15) is 24.4 Å². The Morgan fingerprint density at radius 1 is 1.13 bits per heavy atom. The number of morpholine rings is 1. The van der Waals surface area contributed by atoms with Gasteiger partial charge in [0.05, 0.1) is 38.2 Å². The number of hydrogen-bond acceptors (Lipinski definition) is 6. The van der Waals surface area contributed by atoms with Crippen LogP contribution in [-0.4, -0.2) is 69.0 Å². The summed E-state index contributed by atoms with van der Waals surface area (Å²) in [7, 11) is 1.69. The van der Waals surface area contributed by atoms with Crippen LogP contribution in [0.3, 0.4) is 0 Å². The number of methoxy groups -OCH3 is 1. The second-order valence-electron chi connectivity index (χ2n) is 7.84. The topological polar surface area (TPSA) is 79.0 Å². The zero-order chi connectivity index (χ0) is 21.5. The van der Waals surface area contributed by atoms with Crippen molar-refractivity contribution in [3.05, 3.63) is 48.2 Å². The maximum absolute atomic E-state index is 12.6. The number of anilines is 2. The molecule has 31 heavy (non-hydrogen) atoms. The number of likely N-dealkylation sites (tertiary alicyclic amines) is 1. The molecule has 1 atom stereocenters. The smallest absolute Gasteiger partial charge is 0.319 e. The van der Waals surface area contributed by atoms with Crippen molar-refractivity contribution in [2.24, 2.45) is 0 Å². The lowest BCUT2D eigenvalue weighted by Gasteiger charge is -2.29. The molecule has 2 amide bonds. The normalized spacial score (nSPS) is 17.9. The predicted octanol–water partition coefficient (Wildman–Crippen LogP) is 2.89. The summed E-state index contributed by atoms with van der Waals surface area (Å²) < 4.78 is 11.0. The van der Waals surface area contributed by atoms with Crippen molar-refractivity contribution in [3.63, 3.8) is 0 Å². The Kier molecular flexibility index (Phi) is 7.22. The first-order valence-corrected chi connectivity index (χ1v) is 10.9. The molecule has 0 unspecified atom stereocenters. The Hall–Kier alpha value is -2.84. The van der Waals surface area contributed by atoms with Gasteiger partial charge in [0.15, 0.2) is 0 Å². The fourth-order valence-corrected chi connectivity index (χ4v) is 4.23. The number of nitrogens with one attached hydrogen (secondary N) is 2. The van der Waals surface area contributed by atoms with E-state index in [1.807, 2.05) is 30.3 Å². The molecular weight excluding hydrogens is 394 g/mol. The van der Waals surface area contributed by atoms with Gasteiger partial charge in [-0.3, -0.25) is 4.90 Å². The van der Waals surface area contributed by atoms with Gasteiger partial charge in [0.1, 0.15) is 11.6 Å². The SMILES string of the molecule is COc1ccccc1[C@H](CNC(=O)Nc1ccc(N2CCOCC2)nc1)N1CCCC1. The van der Waals surface area contributed by atoms with Crippen LogP contribution in [0.15, 0.2) is 42.6 Å². The maximum atomic E-state index is 12.6. The molecule has 8 nitrogen and oxygen atoms in total. The van der Waals surface area contributed by atoms with Gasteiger partial charge >= 0.3 is 6.03 Å². The highest BCUT2D eigenvalue weighted by Gasteiger charge is 2.26. The minimum Gasteiger partial charge on any atom is -0.496 e. The zero-order valence-electron chi connectivity index (χ0n) is 18.0. The first kappa shape index (κ1) is 21.4. The van der Waals surface area contributed by atoms with E-state index in [2.05, 4.69) is 31.5 Å². The van der Waals surface area contributed by atoms with Crippen molar-refractivity contribution in [1.82, 2.24) is 15.2 Å². The molecule has 166 valence electrons. The van der Waals surface area contributed by atoms with E-state index in [0.717, 1.165) is 43.3 Å². The molecule has 0 bridgehead atoms. The van der Waals surface area contributed by atoms with Gasteiger partial charge < -0.3 is 25.0 Å². The van der Waals surface area contributed by atoms with E-state index in [0.29, 0.717) is 25.4 Å². The Bertz CT molecular complexity index is 849. The quantitative estimate of drug-likeness (QED) is 0.710. The number of nitrogens with zero attached hydrogens (tertiary/aromatic N) is 3. The predicted molar refractivity (Wildman–Crippen MR) is 121 cm³/mol. The van der Waals surface area contributed by atoms with Crippen molar-refractivity contribution in [2.75, 3.05) is 63.3 Å². The minimum absolute atomic E-state index is 0.0752. The van der Waals surface area contributed by atoms with Gasteiger partial charge in [0, 0.05) is 25.2 Å². The molecule has 2 N–H and O–H groups in total. The Morgan fingerprint density at radius 3 is 2.61 bits per heavy atom. The Balaban J connectivity index is 1.36. The van der Waals surface area contributed by atoms with Crippen LogP contribution in [0, 0.1) is 0 Å². The van der Waals surface area contributed by atoms with Crippen molar-refractivity contribution < 1.29 is 14.3 Å². The van der Waals surface area contributed by atoms with E-state index in [1.165, 1.54) is 12.8 Å². The summed E-state index contributed by atoms with van der Waals surface area (Å²) >= 11 is 0. The summed E-state index contributed by atoms with van der Waals surface area (Å²) in [6.45, 7) is 5.66. The highest BCUT2D eigenvalue weighted by molar-refractivity contribution is 5.89. The average molecular weight is 426 g/mol. The molecule has 2 aliphatic rings. The molecule has 1 aromatic carbocycles. The molecule has 3 heterocycles. The molecule has 4 rings (SSSR count). The molecule has 0 radical (unpaired) electrons. The van der Waals surface area contributed by atoms with Crippen molar-refractivity contribution in [1.29, 1.82) is 0 Å². The number of carbonyl (C=O) groups is 1. The number of rotatable bonds is 7. The van der Waals surface area contributed by atoms with E-state index in [4.69, 9.17) is 9.47 Å². The first-order chi connectivity index (χ1) is 15.2. The van der Waals surface area contributed by atoms with Crippen LogP contribution in [0.5, 0.6) is 5.75 Å². The van der Waals surface area contributed by atoms with E-state index < -0.39 is 0 Å². The van der Waals surface area contributed by atoms with Crippen molar-refractivity contribution in [2.45, 2.75) is 18.9 Å². The maximum Gasteiger partial charge on any atom is 0.319 e. The lowest BCUT2D eigenvalue weighted by Crippen LogP contribution is -2.39. The van der Waals surface area contributed by atoms with Crippen LogP contribution in [0.2, 0.25) is 0 Å². The summed E-state index contributed by atoms with van der Waals surface area (Å²) in [5.41, 5.74) is 1.77. The van der Waals surface area contributed by atoms with Gasteiger partial charge in [-0.15, -0.1) is 0 Å². The molecule has 2 fully saturated rings. The molecule has 0 spiro atoms. The van der Waals surface area contributed by atoms with Gasteiger partial charge in [0.2, 0.25) is 0 Å². The standard InChI is InChI=1S/C23H31N5O3/c1-30-21-7-3-2-6-19(21)20(27-10-4-5-11-27)17-25-23(29)26-18-8-9-22(24-16-18)28-12-14-31-15-13-28/h2-3,6-9,16,20H,4-5,10-15,17H2,1H3,(H2,25,26,29)/t20-/m0/s1. The number of carbonyl (C=O) groups excluding carboxylic acids is 1. The number of pyridine rings is 1. The van der Waals surface area contributed by atoms with Crippen LogP contribution < -0.4 is 20.3 Å². The fraction of sp³-hybridized carbons (Fsp3) is 0.478. The van der Waals surface area contributed by atoms with Gasteiger partial charge in [-0.25, -0.2) is 9.78 Å². The summed E-state index contributed by atoms with van der Waals surface area (Å²) in [6.07, 6.45) is 4.06. The third-order valence-electron chi connectivity index (χ3n) is 5.88. The number of urea groups is 1. The van der Waals surface area contributed by atoms with Gasteiger partial charge in [-0.2, -0.15) is 0 Å². The molecule has 1 aromatic heterocycles. The van der Waals surface area contributed by atoms with E-state index in [9.17, 15) is 4.79 Å². The third kappa shape index (κ3) is 5.45. The number of aromatic nitrogens is 1. The van der Waals surface area contributed by atoms with Crippen LogP contribution >= 0.6 is 0 Å². The van der Waals surface area contributed by atoms with E-state index in [1.54, 1.807) is 13.3 Å². The second kappa shape index (κ2) is 10.5. The second-order valence-corrected chi connectivity index (χ2v) is 7.84. The molecule has 2 saturated heterocycles. The fourth-order valence-electron chi connectivity index (χ4n) is 4.23.